The zero-order valence-corrected chi connectivity index (χ0v) is 17.7. The first-order chi connectivity index (χ1) is 12.3. The second-order valence-electron chi connectivity index (χ2n) is 11.1. The van der Waals surface area contributed by atoms with Gasteiger partial charge in [0, 0.05) is 6.92 Å². The predicted molar refractivity (Wildman–Crippen MR) is 106 cm³/mol. The number of esters is 1. The minimum atomic E-state index is -0.0913. The van der Waals surface area contributed by atoms with Crippen molar-refractivity contribution in [3.05, 3.63) is 0 Å². The molecule has 4 aliphatic rings. The van der Waals surface area contributed by atoms with Gasteiger partial charge in [0.2, 0.25) is 0 Å². The van der Waals surface area contributed by atoms with Gasteiger partial charge in [-0.2, -0.15) is 0 Å². The van der Waals surface area contributed by atoms with Gasteiger partial charge in [-0.1, -0.05) is 27.7 Å². The zero-order chi connectivity index (χ0) is 18.7. The molecule has 0 aromatic carbocycles. The van der Waals surface area contributed by atoms with Crippen LogP contribution in [0.4, 0.5) is 0 Å². The third kappa shape index (κ3) is 2.76. The van der Waals surface area contributed by atoms with Crippen LogP contribution < -0.4 is 0 Å². The Morgan fingerprint density at radius 2 is 1.62 bits per heavy atom. The summed E-state index contributed by atoms with van der Waals surface area (Å²) in [6, 6.07) is 0. The first kappa shape index (κ1) is 18.8. The Morgan fingerprint density at radius 3 is 2.31 bits per heavy atom. The van der Waals surface area contributed by atoms with Crippen LogP contribution in [0, 0.1) is 46.3 Å². The average Bonchev–Trinajstić information content (AvgIpc) is 2.92. The molecular formula is C24H40O2. The zero-order valence-electron chi connectivity index (χ0n) is 17.7. The summed E-state index contributed by atoms with van der Waals surface area (Å²) in [6.45, 7) is 11.7. The standard InChI is InChI=1S/C24H40O2/c1-15(2)20-8-9-21-19-7-6-17-14-18(26-16(3)25)10-12-23(17,4)22(19)11-13-24(20,21)5/h15,17-22H,6-14H2,1-5H3/t17-,18+,19+,20-,21+,22+,23-,24+/m0/s1. The van der Waals surface area contributed by atoms with Crippen molar-refractivity contribution in [1.29, 1.82) is 0 Å². The molecule has 0 spiro atoms. The lowest BCUT2D eigenvalue weighted by atomic mass is 9.44. The van der Waals surface area contributed by atoms with E-state index in [1.165, 1.54) is 44.9 Å². The molecule has 0 N–H and O–H groups in total. The molecule has 2 nitrogen and oxygen atoms in total. The van der Waals surface area contributed by atoms with Crippen molar-refractivity contribution >= 4 is 5.97 Å². The van der Waals surface area contributed by atoms with Crippen molar-refractivity contribution in [1.82, 2.24) is 0 Å². The number of hydrogen-bond acceptors (Lipinski definition) is 2. The van der Waals surface area contributed by atoms with Crippen molar-refractivity contribution in [2.75, 3.05) is 0 Å². The average molecular weight is 361 g/mol. The Hall–Kier alpha value is -0.530. The second-order valence-corrected chi connectivity index (χ2v) is 11.1. The van der Waals surface area contributed by atoms with E-state index in [-0.39, 0.29) is 12.1 Å². The predicted octanol–water partition coefficient (Wildman–Crippen LogP) is 6.23. The molecule has 0 amide bonds. The molecule has 0 bridgehead atoms. The van der Waals surface area contributed by atoms with E-state index in [1.807, 2.05) is 0 Å². The van der Waals surface area contributed by atoms with E-state index in [9.17, 15) is 4.79 Å². The van der Waals surface area contributed by atoms with E-state index in [0.717, 1.165) is 48.3 Å². The van der Waals surface area contributed by atoms with Gasteiger partial charge in [-0.15, -0.1) is 0 Å². The van der Waals surface area contributed by atoms with Gasteiger partial charge >= 0.3 is 5.97 Å². The number of rotatable bonds is 2. The van der Waals surface area contributed by atoms with E-state index < -0.39 is 0 Å². The summed E-state index contributed by atoms with van der Waals surface area (Å²) in [5, 5.41) is 0. The van der Waals surface area contributed by atoms with Crippen molar-refractivity contribution in [3.63, 3.8) is 0 Å². The Morgan fingerprint density at radius 1 is 0.923 bits per heavy atom. The highest BCUT2D eigenvalue weighted by molar-refractivity contribution is 5.66. The Labute approximate surface area is 160 Å². The van der Waals surface area contributed by atoms with Crippen LogP contribution in [0.5, 0.6) is 0 Å². The Bertz CT molecular complexity index is 554. The maximum absolute atomic E-state index is 11.4. The molecule has 8 atom stereocenters. The topological polar surface area (TPSA) is 26.3 Å². The minimum Gasteiger partial charge on any atom is -0.463 e. The molecule has 0 saturated heterocycles. The maximum atomic E-state index is 11.4. The third-order valence-corrected chi connectivity index (χ3v) is 9.83. The van der Waals surface area contributed by atoms with Crippen LogP contribution in [-0.2, 0) is 9.53 Å². The summed E-state index contributed by atoms with van der Waals surface area (Å²) in [5.74, 6) is 5.32. The smallest absolute Gasteiger partial charge is 0.302 e. The van der Waals surface area contributed by atoms with Gasteiger partial charge in [-0.05, 0) is 104 Å². The van der Waals surface area contributed by atoms with Crippen molar-refractivity contribution < 1.29 is 9.53 Å². The van der Waals surface area contributed by atoms with Crippen molar-refractivity contribution in [2.24, 2.45) is 46.3 Å². The molecule has 4 fully saturated rings. The van der Waals surface area contributed by atoms with Crippen LogP contribution in [0.25, 0.3) is 0 Å². The van der Waals surface area contributed by atoms with Gasteiger partial charge in [0.1, 0.15) is 6.10 Å². The molecule has 4 aliphatic carbocycles. The molecule has 26 heavy (non-hydrogen) atoms. The molecule has 4 saturated carbocycles. The second kappa shape index (κ2) is 6.52. The monoisotopic (exact) mass is 360 g/mol. The first-order valence-corrected chi connectivity index (χ1v) is 11.4. The number of ether oxygens (including phenoxy) is 1. The summed E-state index contributed by atoms with van der Waals surface area (Å²) >= 11 is 0. The van der Waals surface area contributed by atoms with E-state index in [1.54, 1.807) is 6.92 Å². The normalized spacial score (nSPS) is 50.7. The number of hydrogen-bond donors (Lipinski definition) is 0. The number of fused-ring (bicyclic) bond motifs is 5. The molecule has 0 aliphatic heterocycles. The van der Waals surface area contributed by atoms with Gasteiger partial charge in [0.05, 0.1) is 0 Å². The SMILES string of the molecule is CC(=O)O[C@@H]1CC[C@@]2(C)[C@@H](CC[C@H]3[C@H]2CC[C@@]2(C)[C@@H]3CC[C@H]2C(C)C)C1. The van der Waals surface area contributed by atoms with Crippen LogP contribution in [-0.4, -0.2) is 12.1 Å². The fraction of sp³-hybridized carbons (Fsp3) is 0.958. The molecule has 0 aromatic heterocycles. The highest BCUT2D eigenvalue weighted by Crippen LogP contribution is 2.68. The third-order valence-electron chi connectivity index (χ3n) is 9.83. The van der Waals surface area contributed by atoms with E-state index >= 15 is 0 Å². The molecule has 4 rings (SSSR count). The molecule has 148 valence electrons. The quantitative estimate of drug-likeness (QED) is 0.545. The summed E-state index contributed by atoms with van der Waals surface area (Å²) in [6.07, 6.45) is 12.3. The minimum absolute atomic E-state index is 0.0913. The fourth-order valence-electron chi connectivity index (χ4n) is 8.70. The van der Waals surface area contributed by atoms with Crippen molar-refractivity contribution in [3.8, 4) is 0 Å². The fourth-order valence-corrected chi connectivity index (χ4v) is 8.70. The number of carbonyl (C=O) groups excluding carboxylic acids is 1. The number of carbonyl (C=O) groups is 1. The summed E-state index contributed by atoms with van der Waals surface area (Å²) in [5.41, 5.74) is 1.10. The summed E-state index contributed by atoms with van der Waals surface area (Å²) < 4.78 is 5.61. The summed E-state index contributed by atoms with van der Waals surface area (Å²) in [4.78, 5) is 11.4. The molecule has 0 radical (unpaired) electrons. The Balaban J connectivity index is 1.53. The van der Waals surface area contributed by atoms with Crippen LogP contribution in [0.1, 0.15) is 92.4 Å². The molecule has 0 unspecified atom stereocenters. The highest BCUT2D eigenvalue weighted by atomic mass is 16.5. The lowest BCUT2D eigenvalue weighted by molar-refractivity contribution is -0.160. The van der Waals surface area contributed by atoms with Gasteiger partial charge in [0.25, 0.3) is 0 Å². The lowest BCUT2D eigenvalue weighted by Crippen LogP contribution is -2.54. The van der Waals surface area contributed by atoms with Gasteiger partial charge in [-0.25, -0.2) is 0 Å². The largest absolute Gasteiger partial charge is 0.463 e. The van der Waals surface area contributed by atoms with Gasteiger partial charge in [0.15, 0.2) is 0 Å². The van der Waals surface area contributed by atoms with E-state index in [4.69, 9.17) is 4.74 Å². The molecule has 0 heterocycles. The van der Waals surface area contributed by atoms with Gasteiger partial charge in [-0.3, -0.25) is 4.79 Å². The van der Waals surface area contributed by atoms with Crippen LogP contribution in [0.15, 0.2) is 0 Å². The Kier molecular flexibility index (Phi) is 4.72. The maximum Gasteiger partial charge on any atom is 0.302 e. The lowest BCUT2D eigenvalue weighted by Gasteiger charge is -2.61. The van der Waals surface area contributed by atoms with Gasteiger partial charge < -0.3 is 4.74 Å². The molecule has 2 heteroatoms. The summed E-state index contributed by atoms with van der Waals surface area (Å²) in [7, 11) is 0. The van der Waals surface area contributed by atoms with E-state index in [0.29, 0.717) is 10.8 Å². The highest BCUT2D eigenvalue weighted by Gasteiger charge is 2.60. The van der Waals surface area contributed by atoms with Crippen LogP contribution >= 0.6 is 0 Å². The van der Waals surface area contributed by atoms with E-state index in [2.05, 4.69) is 27.7 Å². The first-order valence-electron chi connectivity index (χ1n) is 11.4. The molecule has 0 aromatic rings. The van der Waals surface area contributed by atoms with Crippen LogP contribution in [0.2, 0.25) is 0 Å². The van der Waals surface area contributed by atoms with Crippen LogP contribution in [0.3, 0.4) is 0 Å². The van der Waals surface area contributed by atoms with Crippen molar-refractivity contribution in [2.45, 2.75) is 98.5 Å². The molecular weight excluding hydrogens is 320 g/mol.